The molecule has 2 heterocycles. The average Bonchev–Trinajstić information content (AvgIpc) is 4.46. The van der Waals surface area contributed by atoms with E-state index in [2.05, 4.69) is 9.97 Å². The van der Waals surface area contributed by atoms with Crippen LogP contribution in [0.3, 0.4) is 0 Å². The molecule has 406 valence electrons. The summed E-state index contributed by atoms with van der Waals surface area (Å²) >= 11 is 0. The first kappa shape index (κ1) is 60.6. The molecule has 0 spiro atoms. The number of Topliss-reactive ketones (excluding diaryl/α,β-unsaturated/α-hetero) is 4. The van der Waals surface area contributed by atoms with E-state index in [-0.39, 0.29) is 109 Å². The van der Waals surface area contributed by atoms with Crippen molar-refractivity contribution in [3.05, 3.63) is 191 Å². The van der Waals surface area contributed by atoms with Crippen LogP contribution in [0.5, 0.6) is 34.5 Å². The molecule has 2 aliphatic carbocycles. The maximum absolute atomic E-state index is 13.2. The molecule has 2 aromatic heterocycles. The number of halogens is 2. The molecule has 0 aliphatic heterocycles. The molecule has 8 aromatic rings. The fourth-order valence-electron chi connectivity index (χ4n) is 9.15. The molecule has 2 saturated carbocycles. The number of benzene rings is 6. The number of nitrogens with zero attached hydrogens (tertiary/aromatic N) is 2. The van der Waals surface area contributed by atoms with E-state index in [4.69, 9.17) is 23.7 Å². The minimum atomic E-state index is -1.12. The molecule has 18 heteroatoms. The van der Waals surface area contributed by atoms with E-state index < -0.39 is 22.8 Å². The second-order valence-electron chi connectivity index (χ2n) is 18.9. The Morgan fingerprint density at radius 2 is 0.812 bits per heavy atom. The van der Waals surface area contributed by atoms with Gasteiger partial charge in [0, 0.05) is 48.8 Å². The summed E-state index contributed by atoms with van der Waals surface area (Å²) in [5, 5.41) is 10.7. The van der Waals surface area contributed by atoms with E-state index >= 15 is 0 Å². The van der Waals surface area contributed by atoms with Gasteiger partial charge in [-0.25, -0.2) is 18.4 Å². The van der Waals surface area contributed by atoms with Crippen LogP contribution < -0.4 is 37.8 Å². The summed E-state index contributed by atoms with van der Waals surface area (Å²) in [7, 11) is 4.16. The van der Waals surface area contributed by atoms with E-state index in [0.717, 1.165) is 11.1 Å². The van der Waals surface area contributed by atoms with Crippen molar-refractivity contribution in [1.82, 2.24) is 9.97 Å². The number of carbonyl (C=O) groups is 6. The SMILES string of the molecule is C.COC(=O)c1cc2nccc(Oc3ccc(CC(=O)C4(C(=O)Cc5ccc(F)cc5)CC4)cc3)c2cc1OC.COc1cc2c(Oc3ccc(CC(=O)C4(C(=O)Cc5ccc(F)cc5)CC4)cc3)ccnc2cc1C(=O)O.[Li+].[OH-]. The van der Waals surface area contributed by atoms with Crippen LogP contribution in [0.2, 0.25) is 0 Å². The van der Waals surface area contributed by atoms with Gasteiger partial charge in [-0.2, -0.15) is 0 Å². The van der Waals surface area contributed by atoms with Gasteiger partial charge in [-0.1, -0.05) is 56.0 Å². The number of rotatable bonds is 20. The number of ketones is 4. The molecule has 2 aliphatic rings. The van der Waals surface area contributed by atoms with E-state index in [1.165, 1.54) is 57.9 Å². The van der Waals surface area contributed by atoms with Gasteiger partial charge in [-0.05, 0) is 133 Å². The molecule has 0 amide bonds. The minimum absolute atomic E-state index is 0. The Labute approximate surface area is 471 Å². The molecular formula is C62H55F2LiN2O13. The van der Waals surface area contributed by atoms with Crippen LogP contribution in [-0.2, 0) is 49.6 Å². The Kier molecular flexibility index (Phi) is 19.6. The zero-order valence-corrected chi connectivity index (χ0v) is 43.5. The molecular weight excluding hydrogens is 1030 g/mol. The molecule has 2 N–H and O–H groups in total. The monoisotopic (exact) mass is 1080 g/mol. The normalized spacial score (nSPS) is 13.1. The van der Waals surface area contributed by atoms with Gasteiger partial charge >= 0.3 is 30.8 Å². The van der Waals surface area contributed by atoms with Crippen LogP contribution in [0.4, 0.5) is 8.78 Å². The summed E-state index contributed by atoms with van der Waals surface area (Å²) in [6, 6.07) is 35.3. The van der Waals surface area contributed by atoms with Crippen LogP contribution in [-0.4, -0.2) is 77.0 Å². The van der Waals surface area contributed by atoms with Gasteiger partial charge in [0.2, 0.25) is 0 Å². The summed E-state index contributed by atoms with van der Waals surface area (Å²) < 4.78 is 53.9. The van der Waals surface area contributed by atoms with E-state index in [0.29, 0.717) is 87.4 Å². The average molecular weight is 1080 g/mol. The molecule has 0 unspecified atom stereocenters. The van der Waals surface area contributed by atoms with Crippen molar-refractivity contribution in [3.63, 3.8) is 0 Å². The summed E-state index contributed by atoms with van der Waals surface area (Å²) in [5.74, 6) is -0.249. The second-order valence-corrected chi connectivity index (χ2v) is 18.9. The topological polar surface area (TPSA) is 225 Å². The van der Waals surface area contributed by atoms with Gasteiger partial charge < -0.3 is 34.3 Å². The van der Waals surface area contributed by atoms with Crippen LogP contribution in [0.1, 0.15) is 76.1 Å². The van der Waals surface area contributed by atoms with Crippen molar-refractivity contribution in [3.8, 4) is 34.5 Å². The summed E-state index contributed by atoms with van der Waals surface area (Å²) in [6.45, 7) is 0. The Balaban J connectivity index is 0.000000249. The summed E-state index contributed by atoms with van der Waals surface area (Å²) in [4.78, 5) is 84.2. The predicted molar refractivity (Wildman–Crippen MR) is 288 cm³/mol. The number of pyridine rings is 2. The number of carboxylic acid groups (broad SMARTS) is 1. The third-order valence-electron chi connectivity index (χ3n) is 13.9. The third kappa shape index (κ3) is 13.4. The van der Waals surface area contributed by atoms with Gasteiger partial charge in [0.15, 0.2) is 23.1 Å². The van der Waals surface area contributed by atoms with Gasteiger partial charge in [-0.15, -0.1) is 0 Å². The fourth-order valence-corrected chi connectivity index (χ4v) is 9.15. The molecule has 80 heavy (non-hydrogen) atoms. The minimum Gasteiger partial charge on any atom is -0.870 e. The molecule has 15 nitrogen and oxygen atoms in total. The van der Waals surface area contributed by atoms with Crippen LogP contribution in [0.15, 0.2) is 146 Å². The van der Waals surface area contributed by atoms with Crippen molar-refractivity contribution in [2.45, 2.75) is 58.8 Å². The Morgan fingerprint density at radius 3 is 1.12 bits per heavy atom. The van der Waals surface area contributed by atoms with Crippen LogP contribution >= 0.6 is 0 Å². The van der Waals surface area contributed by atoms with Crippen molar-refractivity contribution >= 4 is 56.9 Å². The predicted octanol–water partition coefficient (Wildman–Crippen LogP) is 8.70. The number of aromatic carboxylic acids is 1. The van der Waals surface area contributed by atoms with Crippen molar-refractivity contribution in [2.24, 2.45) is 10.8 Å². The van der Waals surface area contributed by atoms with Gasteiger partial charge in [-0.3, -0.25) is 29.1 Å². The zero-order chi connectivity index (χ0) is 54.4. The summed E-state index contributed by atoms with van der Waals surface area (Å²) in [6.07, 6.45) is 5.76. The Morgan fingerprint density at radius 1 is 0.487 bits per heavy atom. The number of aromatic nitrogens is 2. The Bertz CT molecular complexity index is 3590. The maximum atomic E-state index is 13.2. The van der Waals surface area contributed by atoms with Crippen molar-refractivity contribution in [2.75, 3.05) is 21.3 Å². The van der Waals surface area contributed by atoms with E-state index in [1.54, 1.807) is 109 Å². The number of hydrogen-bond donors (Lipinski definition) is 1. The number of methoxy groups -OCH3 is 3. The molecule has 0 atom stereocenters. The van der Waals surface area contributed by atoms with E-state index in [1.807, 2.05) is 0 Å². The molecule has 0 bridgehead atoms. The van der Waals surface area contributed by atoms with E-state index in [9.17, 15) is 42.7 Å². The number of esters is 1. The number of carboxylic acids is 1. The Hall–Kier alpha value is -8.62. The first-order valence-electron chi connectivity index (χ1n) is 24.5. The van der Waals surface area contributed by atoms with Gasteiger partial charge in [0.1, 0.15) is 57.3 Å². The standard InChI is InChI=1S/C31H26FNO6.C30H24FNO6.CH4.Li.H2O/c1-37-27-18-23-25(17-24(27)30(36)38-2)33-14-11-26(23)39-22-9-5-20(6-10-22)16-29(35)31(12-13-31)28(34)15-19-3-7-21(32)8-4-19;1-37-26-17-22-24(16-23(26)29(35)36)32-13-10-25(22)38-21-8-4-19(5-9-21)15-28(34)30(11-12-30)27(33)14-18-2-6-20(31)7-3-18;;;/h3-11,14,17-18H,12-13,15-16H2,1-2H3;2-10,13,16-17H,11-12,14-15H2,1H3,(H,35,36);1H4;;1H2/q;;;+1;/p-1. The second kappa shape index (κ2) is 25.9. The molecule has 6 aromatic carbocycles. The maximum Gasteiger partial charge on any atom is 1.00 e. The number of carbonyl (C=O) groups excluding carboxylic acids is 5. The molecule has 0 saturated heterocycles. The largest absolute Gasteiger partial charge is 1.00 e. The first-order valence-corrected chi connectivity index (χ1v) is 24.5. The number of hydrogen-bond acceptors (Lipinski definition) is 14. The van der Waals surface area contributed by atoms with Crippen molar-refractivity contribution < 1.29 is 90.7 Å². The zero-order valence-electron chi connectivity index (χ0n) is 43.5. The molecule has 2 fully saturated rings. The molecule has 10 rings (SSSR count). The molecule has 0 radical (unpaired) electrons. The smallest absolute Gasteiger partial charge is 0.870 e. The quantitative estimate of drug-likeness (QED) is 0.0428. The van der Waals surface area contributed by atoms with Crippen LogP contribution in [0.25, 0.3) is 21.8 Å². The first-order chi connectivity index (χ1) is 37.1. The van der Waals surface area contributed by atoms with Gasteiger partial charge in [0.05, 0.1) is 43.2 Å². The summed E-state index contributed by atoms with van der Waals surface area (Å²) in [5.41, 5.74) is 2.28. The number of fused-ring (bicyclic) bond motifs is 2. The third-order valence-corrected chi connectivity index (χ3v) is 13.9. The fraction of sp³-hybridized carbons (Fsp3) is 0.226. The van der Waals surface area contributed by atoms with Crippen LogP contribution in [0, 0.1) is 22.5 Å². The van der Waals surface area contributed by atoms with Crippen molar-refractivity contribution in [1.29, 1.82) is 0 Å². The number of ether oxygens (including phenoxy) is 5. The van der Waals surface area contributed by atoms with Gasteiger partial charge in [0.25, 0.3) is 0 Å².